The summed E-state index contributed by atoms with van der Waals surface area (Å²) in [5.41, 5.74) is 0.339. The molecule has 2 fully saturated rings. The van der Waals surface area contributed by atoms with Crippen LogP contribution >= 0.6 is 0 Å². The third kappa shape index (κ3) is 3.07. The van der Waals surface area contributed by atoms with Crippen molar-refractivity contribution in [3.8, 4) is 0 Å². The maximum atomic E-state index is 11.6. The van der Waals surface area contributed by atoms with Crippen molar-refractivity contribution in [1.29, 1.82) is 0 Å². The van der Waals surface area contributed by atoms with Gasteiger partial charge in [-0.15, -0.1) is 0 Å². The van der Waals surface area contributed by atoms with Crippen molar-refractivity contribution >= 4 is 25.5 Å². The molecule has 3 nitrogen and oxygen atoms in total. The molecular formula is C15H27BrO3Te. The third-order valence-electron chi connectivity index (χ3n) is 5.56. The molecule has 2 aliphatic carbocycles. The predicted octanol–water partition coefficient (Wildman–Crippen LogP) is -0.135. The first-order chi connectivity index (χ1) is 8.83. The van der Waals surface area contributed by atoms with Gasteiger partial charge >= 0.3 is 124 Å². The largest absolute Gasteiger partial charge is 1.00 e. The molecule has 20 heavy (non-hydrogen) atoms. The third-order valence-corrected chi connectivity index (χ3v) is 10.5. The monoisotopic (exact) mass is 464 g/mol. The molecule has 2 bridgehead atoms. The van der Waals surface area contributed by atoms with Crippen molar-refractivity contribution in [2.24, 2.45) is 16.7 Å². The minimum atomic E-state index is -1.48. The standard InChI is InChI=1S/C15H27O3Te.BrH/c1-5-18-13(17)9-19(4)10-15-7-6-11(8-12(15)16)14(15,2)3;/h11-12,16H,5-10H2,1-4H3;1H/q+1;/p-1. The maximum absolute atomic E-state index is 11.6. The number of carbonyl (C=O) groups is 1. The Bertz CT molecular complexity index is 361. The van der Waals surface area contributed by atoms with Crippen molar-refractivity contribution in [2.75, 3.05) is 6.61 Å². The number of aliphatic hydroxyl groups is 1. The second-order valence-corrected chi connectivity index (χ2v) is 12.8. The summed E-state index contributed by atoms with van der Waals surface area (Å²) in [6, 6.07) is 0. The van der Waals surface area contributed by atoms with Gasteiger partial charge in [-0.2, -0.15) is 0 Å². The molecule has 2 aliphatic rings. The zero-order chi connectivity index (χ0) is 14.3. The normalized spacial score (nSPS) is 34.1. The SMILES string of the molecule is CCOC(=O)C[Te+](C)CC12CCC(CC1O)C2(C)C.[Br-]. The van der Waals surface area contributed by atoms with Crippen LogP contribution in [0.2, 0.25) is 13.9 Å². The molecule has 0 heterocycles. The van der Waals surface area contributed by atoms with E-state index in [1.54, 1.807) is 0 Å². The van der Waals surface area contributed by atoms with Crippen LogP contribution in [0.5, 0.6) is 0 Å². The summed E-state index contributed by atoms with van der Waals surface area (Å²) < 4.78 is 6.83. The van der Waals surface area contributed by atoms with Gasteiger partial charge in [0.05, 0.1) is 0 Å². The molecule has 0 spiro atoms. The summed E-state index contributed by atoms with van der Waals surface area (Å²) in [6.45, 7) is 7.00. The molecule has 2 saturated carbocycles. The van der Waals surface area contributed by atoms with Crippen molar-refractivity contribution in [1.82, 2.24) is 0 Å². The van der Waals surface area contributed by atoms with E-state index in [0.29, 0.717) is 17.0 Å². The van der Waals surface area contributed by atoms with E-state index in [4.69, 9.17) is 4.74 Å². The van der Waals surface area contributed by atoms with Crippen LogP contribution < -0.4 is 17.0 Å². The van der Waals surface area contributed by atoms with Crippen molar-refractivity contribution in [3.05, 3.63) is 0 Å². The fourth-order valence-electron chi connectivity index (χ4n) is 4.27. The maximum Gasteiger partial charge on any atom is -1.00 e. The number of hydrogen-bond donors (Lipinski definition) is 1. The Morgan fingerprint density at radius 1 is 1.45 bits per heavy atom. The van der Waals surface area contributed by atoms with E-state index in [9.17, 15) is 9.90 Å². The van der Waals surface area contributed by atoms with Crippen LogP contribution in [0, 0.1) is 16.7 Å². The average Bonchev–Trinajstić information content (AvgIpc) is 2.62. The molecule has 5 heteroatoms. The predicted molar refractivity (Wildman–Crippen MR) is 77.4 cm³/mol. The number of halogens is 1. The summed E-state index contributed by atoms with van der Waals surface area (Å²) in [5, 5.41) is 10.5. The zero-order valence-corrected chi connectivity index (χ0v) is 16.9. The summed E-state index contributed by atoms with van der Waals surface area (Å²) in [7, 11) is 0. The number of carbonyl (C=O) groups excluding carboxylic acids is 1. The van der Waals surface area contributed by atoms with Gasteiger partial charge in [0, 0.05) is 0 Å². The van der Waals surface area contributed by atoms with Gasteiger partial charge in [-0.25, -0.2) is 0 Å². The first-order valence-electron chi connectivity index (χ1n) is 7.26. The molecule has 3 unspecified atom stereocenters. The van der Waals surface area contributed by atoms with Crippen LogP contribution in [0.1, 0.15) is 40.0 Å². The van der Waals surface area contributed by atoms with Crippen molar-refractivity contribution < 1.29 is 31.6 Å². The fraction of sp³-hybridized carbons (Fsp3) is 0.933. The van der Waals surface area contributed by atoms with Gasteiger partial charge in [-0.05, 0) is 0 Å². The number of fused-ring (bicyclic) bond motifs is 2. The van der Waals surface area contributed by atoms with Crippen LogP contribution in [-0.4, -0.2) is 43.3 Å². The number of hydrogen-bond acceptors (Lipinski definition) is 3. The second-order valence-electron chi connectivity index (χ2n) is 6.74. The summed E-state index contributed by atoms with van der Waals surface area (Å²) >= 11 is -1.48. The second kappa shape index (κ2) is 6.86. The van der Waals surface area contributed by atoms with Crippen LogP contribution in [0.3, 0.4) is 0 Å². The van der Waals surface area contributed by atoms with Crippen LogP contribution in [0.15, 0.2) is 0 Å². The van der Waals surface area contributed by atoms with E-state index in [0.717, 1.165) is 17.3 Å². The Hall–Kier alpha value is 0.700. The molecule has 0 saturated heterocycles. The molecule has 0 aromatic carbocycles. The van der Waals surface area contributed by atoms with Crippen molar-refractivity contribution in [2.45, 2.75) is 60.0 Å². The molecule has 0 aromatic rings. The minimum Gasteiger partial charge on any atom is -1.00 e. The molecule has 3 atom stereocenters. The fourth-order valence-corrected chi connectivity index (χ4v) is 10.5. The van der Waals surface area contributed by atoms with Gasteiger partial charge < -0.3 is 17.0 Å². The van der Waals surface area contributed by atoms with E-state index in [1.165, 1.54) is 6.42 Å². The van der Waals surface area contributed by atoms with Gasteiger partial charge in [-0.1, -0.05) is 0 Å². The summed E-state index contributed by atoms with van der Waals surface area (Å²) in [5.74, 6) is 0.648. The van der Waals surface area contributed by atoms with Crippen LogP contribution in [-0.2, 0) is 9.53 Å². The Balaban J connectivity index is 0.00000200. The molecule has 0 aliphatic heterocycles. The Labute approximate surface area is 140 Å². The van der Waals surface area contributed by atoms with Gasteiger partial charge in [0.25, 0.3) is 0 Å². The Kier molecular flexibility index (Phi) is 6.43. The van der Waals surface area contributed by atoms with Gasteiger partial charge in [0.2, 0.25) is 0 Å². The summed E-state index contributed by atoms with van der Waals surface area (Å²) in [6.07, 6.45) is 3.24. The smallest absolute Gasteiger partial charge is 1.00 e. The number of esters is 1. The number of rotatable bonds is 5. The topological polar surface area (TPSA) is 46.5 Å². The van der Waals surface area contributed by atoms with Gasteiger partial charge in [-0.3, -0.25) is 0 Å². The first-order valence-corrected chi connectivity index (χ1v) is 12.9. The summed E-state index contributed by atoms with van der Waals surface area (Å²) in [4.78, 5) is 13.9. The Morgan fingerprint density at radius 2 is 2.10 bits per heavy atom. The van der Waals surface area contributed by atoms with E-state index >= 15 is 0 Å². The van der Waals surface area contributed by atoms with Gasteiger partial charge in [0.15, 0.2) is 0 Å². The van der Waals surface area contributed by atoms with E-state index in [2.05, 4.69) is 18.8 Å². The van der Waals surface area contributed by atoms with Gasteiger partial charge in [0.1, 0.15) is 0 Å². The zero-order valence-electron chi connectivity index (χ0n) is 12.9. The molecule has 118 valence electrons. The van der Waals surface area contributed by atoms with E-state index < -0.39 is 19.6 Å². The molecule has 2 rings (SSSR count). The van der Waals surface area contributed by atoms with Crippen LogP contribution in [0.4, 0.5) is 0 Å². The van der Waals surface area contributed by atoms with E-state index in [1.807, 2.05) is 6.92 Å². The quantitative estimate of drug-likeness (QED) is 0.457. The number of ether oxygens (including phenoxy) is 1. The van der Waals surface area contributed by atoms with Crippen molar-refractivity contribution in [3.63, 3.8) is 0 Å². The molecule has 0 aromatic heterocycles. The minimum absolute atomic E-state index is 0. The number of aliphatic hydroxyl groups excluding tert-OH is 1. The van der Waals surface area contributed by atoms with E-state index in [-0.39, 0.29) is 39.9 Å². The molecule has 0 radical (unpaired) electrons. The molecule has 0 amide bonds. The Morgan fingerprint density at radius 3 is 2.55 bits per heavy atom. The molecular weight excluding hydrogens is 436 g/mol. The molecule has 1 N–H and O–H groups in total. The first kappa shape index (κ1) is 18.7. The van der Waals surface area contributed by atoms with Crippen LogP contribution in [0.25, 0.3) is 0 Å². The average molecular weight is 463 g/mol.